The Morgan fingerprint density at radius 2 is 0.417 bits per heavy atom. The molecule has 1 saturated carbocycles. The second-order valence-electron chi connectivity index (χ2n) is 6.50. The van der Waals surface area contributed by atoms with Gasteiger partial charge in [-0.25, -0.2) is 0 Å². The highest BCUT2D eigenvalue weighted by molar-refractivity contribution is 5.19. The molecule has 72 valence electrons. The maximum atomic E-state index is 2.40. The number of hydrogen-bond acceptors (Lipinski definition) is 0. The first-order valence-electron chi connectivity index (χ1n) is 5.00. The summed E-state index contributed by atoms with van der Waals surface area (Å²) in [5.41, 5.74) is 1.79. The van der Waals surface area contributed by atoms with Gasteiger partial charge in [-0.1, -0.05) is 55.4 Å². The summed E-state index contributed by atoms with van der Waals surface area (Å²) in [6.45, 7) is 19.2. The Bertz CT molecular complexity index is 140. The van der Waals surface area contributed by atoms with Gasteiger partial charge in [0.25, 0.3) is 0 Å². The second kappa shape index (κ2) is 1.91. The first-order chi connectivity index (χ1) is 5.00. The molecule has 1 aliphatic carbocycles. The molecule has 0 heterocycles. The van der Waals surface area contributed by atoms with Crippen molar-refractivity contribution in [1.82, 2.24) is 0 Å². The fourth-order valence-electron chi connectivity index (χ4n) is 3.06. The summed E-state index contributed by atoms with van der Waals surface area (Å²) in [5, 5.41) is 0. The molecule has 1 fully saturated rings. The Kier molecular flexibility index (Phi) is 1.60. The molecule has 0 heteroatoms. The summed E-state index contributed by atoms with van der Waals surface area (Å²) < 4.78 is 0. The molecule has 0 bridgehead atoms. The van der Waals surface area contributed by atoms with Crippen LogP contribution < -0.4 is 0 Å². The molecule has 0 aromatic heterocycles. The summed E-state index contributed by atoms with van der Waals surface area (Å²) in [7, 11) is 0. The molecule has 1 rings (SSSR count). The van der Waals surface area contributed by atoms with Crippen molar-refractivity contribution in [3.8, 4) is 0 Å². The summed E-state index contributed by atoms with van der Waals surface area (Å²) in [6.07, 6.45) is 0. The van der Waals surface area contributed by atoms with Crippen LogP contribution in [0.4, 0.5) is 0 Å². The minimum atomic E-state index is 0.448. The third-order valence-electron chi connectivity index (χ3n) is 6.25. The molecule has 0 atom stereocenters. The molecule has 0 nitrogen and oxygen atoms in total. The Morgan fingerprint density at radius 3 is 0.500 bits per heavy atom. The Labute approximate surface area is 77.7 Å². The van der Waals surface area contributed by atoms with Crippen molar-refractivity contribution in [3.63, 3.8) is 0 Å². The molecule has 0 saturated heterocycles. The second-order valence-corrected chi connectivity index (χ2v) is 6.50. The maximum Gasteiger partial charge on any atom is -0.0241 e. The van der Waals surface area contributed by atoms with Crippen LogP contribution in [0.5, 0.6) is 0 Å². The zero-order valence-electron chi connectivity index (χ0n) is 10.0. The van der Waals surface area contributed by atoms with Crippen LogP contribution in [-0.4, -0.2) is 0 Å². The van der Waals surface area contributed by atoms with E-state index in [2.05, 4.69) is 55.4 Å². The molecule has 0 radical (unpaired) electrons. The Hall–Kier alpha value is 0. The van der Waals surface area contributed by atoms with Gasteiger partial charge in [0.15, 0.2) is 0 Å². The van der Waals surface area contributed by atoms with Gasteiger partial charge in [-0.2, -0.15) is 0 Å². The van der Waals surface area contributed by atoms with Crippen LogP contribution in [0.15, 0.2) is 0 Å². The van der Waals surface area contributed by atoms with E-state index in [1.165, 1.54) is 0 Å². The van der Waals surface area contributed by atoms with Gasteiger partial charge in [0.05, 0.1) is 0 Å². The van der Waals surface area contributed by atoms with Crippen molar-refractivity contribution in [3.05, 3.63) is 0 Å². The van der Waals surface area contributed by atoms with Crippen LogP contribution >= 0.6 is 0 Å². The fraction of sp³-hybridized carbons (Fsp3) is 1.00. The van der Waals surface area contributed by atoms with Gasteiger partial charge in [0.1, 0.15) is 0 Å². The average molecular weight is 168 g/mol. The van der Waals surface area contributed by atoms with E-state index in [0.29, 0.717) is 21.7 Å². The predicted octanol–water partition coefficient (Wildman–Crippen LogP) is 4.10. The standard InChI is InChI=1S/C12H24/c1-9(2)10(3,4)12(7,8)11(9,5)6/h1-8H3. The Balaban J connectivity index is 3.16. The lowest BCUT2D eigenvalue weighted by molar-refractivity contribution is -0.283. The number of rotatable bonds is 0. The van der Waals surface area contributed by atoms with Crippen LogP contribution in [0.2, 0.25) is 0 Å². The highest BCUT2D eigenvalue weighted by atomic mass is 14.7. The molecule has 1 aliphatic rings. The van der Waals surface area contributed by atoms with E-state index in [1.54, 1.807) is 0 Å². The Morgan fingerprint density at radius 1 is 0.333 bits per heavy atom. The van der Waals surface area contributed by atoms with Crippen molar-refractivity contribution in [2.45, 2.75) is 55.4 Å². The summed E-state index contributed by atoms with van der Waals surface area (Å²) in [5.74, 6) is 0. The minimum absolute atomic E-state index is 0.448. The van der Waals surface area contributed by atoms with E-state index in [0.717, 1.165) is 0 Å². The quantitative estimate of drug-likeness (QED) is 0.511. The van der Waals surface area contributed by atoms with Crippen LogP contribution in [0.1, 0.15) is 55.4 Å². The van der Waals surface area contributed by atoms with Crippen molar-refractivity contribution >= 4 is 0 Å². The van der Waals surface area contributed by atoms with Gasteiger partial charge in [-0.15, -0.1) is 0 Å². The van der Waals surface area contributed by atoms with Gasteiger partial charge >= 0.3 is 0 Å². The van der Waals surface area contributed by atoms with Crippen molar-refractivity contribution in [2.24, 2.45) is 21.7 Å². The van der Waals surface area contributed by atoms with Crippen LogP contribution in [0, 0.1) is 21.7 Å². The molecule has 0 spiro atoms. The molecule has 12 heavy (non-hydrogen) atoms. The van der Waals surface area contributed by atoms with Gasteiger partial charge in [0.2, 0.25) is 0 Å². The van der Waals surface area contributed by atoms with E-state index < -0.39 is 0 Å². The molecule has 0 aromatic carbocycles. The summed E-state index contributed by atoms with van der Waals surface area (Å²) in [6, 6.07) is 0. The largest absolute Gasteiger partial charge is 0.0588 e. The first kappa shape index (κ1) is 10.1. The lowest BCUT2D eigenvalue weighted by Crippen LogP contribution is -2.70. The number of hydrogen-bond donors (Lipinski definition) is 0. The van der Waals surface area contributed by atoms with E-state index in [-0.39, 0.29) is 0 Å². The van der Waals surface area contributed by atoms with Crippen LogP contribution in [0.3, 0.4) is 0 Å². The molecular formula is C12H24. The predicted molar refractivity (Wildman–Crippen MR) is 55.1 cm³/mol. The van der Waals surface area contributed by atoms with Crippen molar-refractivity contribution in [2.75, 3.05) is 0 Å². The van der Waals surface area contributed by atoms with E-state index >= 15 is 0 Å². The van der Waals surface area contributed by atoms with Gasteiger partial charge < -0.3 is 0 Å². The summed E-state index contributed by atoms with van der Waals surface area (Å²) >= 11 is 0. The lowest BCUT2D eigenvalue weighted by Gasteiger charge is -2.76. The van der Waals surface area contributed by atoms with Crippen LogP contribution in [0.25, 0.3) is 0 Å². The van der Waals surface area contributed by atoms with Crippen molar-refractivity contribution < 1.29 is 0 Å². The molecule has 0 amide bonds. The molecule has 0 aromatic rings. The lowest BCUT2D eigenvalue weighted by atomic mass is 9.28. The normalized spacial score (nSPS) is 34.0. The molecule has 0 aliphatic heterocycles. The van der Waals surface area contributed by atoms with Gasteiger partial charge in [-0.3, -0.25) is 0 Å². The van der Waals surface area contributed by atoms with E-state index in [9.17, 15) is 0 Å². The van der Waals surface area contributed by atoms with Crippen molar-refractivity contribution in [1.29, 1.82) is 0 Å². The van der Waals surface area contributed by atoms with Gasteiger partial charge in [0, 0.05) is 0 Å². The smallest absolute Gasteiger partial charge is 0.0241 e. The monoisotopic (exact) mass is 168 g/mol. The highest BCUT2D eigenvalue weighted by Crippen LogP contribution is 2.77. The maximum absolute atomic E-state index is 2.40. The molecule has 0 unspecified atom stereocenters. The molecule has 0 N–H and O–H groups in total. The third kappa shape index (κ3) is 0.625. The van der Waals surface area contributed by atoms with Gasteiger partial charge in [-0.05, 0) is 21.7 Å². The fourth-order valence-corrected chi connectivity index (χ4v) is 3.06. The topological polar surface area (TPSA) is 0 Å². The average Bonchev–Trinajstić information content (AvgIpc) is 1.84. The minimum Gasteiger partial charge on any atom is -0.0588 e. The highest BCUT2D eigenvalue weighted by Gasteiger charge is 2.71. The SMILES string of the molecule is CC1(C)C(C)(C)C(C)(C)C1(C)C. The summed E-state index contributed by atoms with van der Waals surface area (Å²) in [4.78, 5) is 0. The zero-order valence-corrected chi connectivity index (χ0v) is 10.0. The molecular weight excluding hydrogens is 144 g/mol. The third-order valence-corrected chi connectivity index (χ3v) is 6.25. The zero-order chi connectivity index (χ0) is 10.0. The first-order valence-corrected chi connectivity index (χ1v) is 5.00. The van der Waals surface area contributed by atoms with Crippen LogP contribution in [-0.2, 0) is 0 Å². The van der Waals surface area contributed by atoms with E-state index in [1.807, 2.05) is 0 Å². The van der Waals surface area contributed by atoms with E-state index in [4.69, 9.17) is 0 Å².